The van der Waals surface area contributed by atoms with Crippen molar-refractivity contribution in [3.8, 4) is 0 Å². The van der Waals surface area contributed by atoms with Crippen LogP contribution in [0.2, 0.25) is 0 Å². The first-order valence-corrected chi connectivity index (χ1v) is 9.56. The first-order chi connectivity index (χ1) is 12.0. The molecule has 1 saturated carbocycles. The molecule has 0 spiro atoms. The summed E-state index contributed by atoms with van der Waals surface area (Å²) in [5.74, 6) is 0.430. The second-order valence-electron chi connectivity index (χ2n) is 8.04. The Balaban J connectivity index is 1.70. The molecule has 0 aromatic heterocycles. The van der Waals surface area contributed by atoms with Crippen molar-refractivity contribution in [1.82, 2.24) is 4.90 Å². The topological polar surface area (TPSA) is 23.5 Å². The van der Waals surface area contributed by atoms with E-state index in [0.717, 1.165) is 25.9 Å². The Kier molecular flexibility index (Phi) is 5.93. The van der Waals surface area contributed by atoms with Gasteiger partial charge in [0.15, 0.2) is 0 Å². The lowest BCUT2D eigenvalue weighted by molar-refractivity contribution is -0.0140. The minimum absolute atomic E-state index is 0.430. The van der Waals surface area contributed by atoms with E-state index >= 15 is 0 Å². The van der Waals surface area contributed by atoms with Crippen LogP contribution in [0.1, 0.15) is 50.7 Å². The maximum atomic E-state index is 10.3. The van der Waals surface area contributed by atoms with Crippen molar-refractivity contribution >= 4 is 0 Å². The molecule has 0 atom stereocenters. The van der Waals surface area contributed by atoms with Crippen molar-refractivity contribution in [3.63, 3.8) is 0 Å². The van der Waals surface area contributed by atoms with Gasteiger partial charge in [-0.25, -0.2) is 0 Å². The van der Waals surface area contributed by atoms with E-state index in [1.807, 2.05) is 13.8 Å². The van der Waals surface area contributed by atoms with E-state index in [1.54, 1.807) is 0 Å². The van der Waals surface area contributed by atoms with Gasteiger partial charge in [-0.2, -0.15) is 0 Å². The van der Waals surface area contributed by atoms with Crippen LogP contribution in [0.15, 0.2) is 60.7 Å². The average molecular weight is 338 g/mol. The molecule has 0 aliphatic heterocycles. The molecule has 2 aromatic rings. The van der Waals surface area contributed by atoms with Crippen molar-refractivity contribution in [1.29, 1.82) is 0 Å². The summed E-state index contributed by atoms with van der Waals surface area (Å²) < 4.78 is 0. The molecular weight excluding hydrogens is 306 g/mol. The molecule has 0 unspecified atom stereocenters. The number of aliphatic hydroxyl groups is 1. The zero-order valence-corrected chi connectivity index (χ0v) is 15.6. The fourth-order valence-electron chi connectivity index (χ4n) is 4.10. The molecule has 1 aliphatic rings. The third-order valence-corrected chi connectivity index (χ3v) is 5.67. The molecule has 2 aromatic carbocycles. The van der Waals surface area contributed by atoms with Gasteiger partial charge in [0.1, 0.15) is 0 Å². The lowest BCUT2D eigenvalue weighted by atomic mass is 9.76. The van der Waals surface area contributed by atoms with Gasteiger partial charge < -0.3 is 5.11 Å². The highest BCUT2D eigenvalue weighted by Crippen LogP contribution is 2.35. The van der Waals surface area contributed by atoms with Crippen LogP contribution in [0.3, 0.4) is 0 Å². The van der Waals surface area contributed by atoms with Gasteiger partial charge in [-0.1, -0.05) is 60.7 Å². The molecular formula is C23H31NO. The molecule has 0 bridgehead atoms. The van der Waals surface area contributed by atoms with Crippen molar-refractivity contribution in [2.24, 2.45) is 5.92 Å². The third-order valence-electron chi connectivity index (χ3n) is 5.67. The molecule has 3 rings (SSSR count). The van der Waals surface area contributed by atoms with Crippen LogP contribution in [0, 0.1) is 5.92 Å². The number of nitrogens with zero attached hydrogens (tertiary/aromatic N) is 1. The Bertz CT molecular complexity index is 583. The summed E-state index contributed by atoms with van der Waals surface area (Å²) in [5, 5.41) is 10.3. The lowest BCUT2D eigenvalue weighted by Crippen LogP contribution is -2.41. The molecule has 0 heterocycles. The van der Waals surface area contributed by atoms with Crippen LogP contribution in [-0.4, -0.2) is 21.6 Å². The summed E-state index contributed by atoms with van der Waals surface area (Å²) in [6.07, 6.45) is 4.59. The summed E-state index contributed by atoms with van der Waals surface area (Å²) >= 11 is 0. The van der Waals surface area contributed by atoms with Gasteiger partial charge in [0.2, 0.25) is 0 Å². The monoisotopic (exact) mass is 337 g/mol. The van der Waals surface area contributed by atoms with E-state index in [1.165, 1.54) is 24.0 Å². The highest BCUT2D eigenvalue weighted by Gasteiger charge is 2.33. The van der Waals surface area contributed by atoms with E-state index in [9.17, 15) is 5.11 Å². The van der Waals surface area contributed by atoms with E-state index in [2.05, 4.69) is 65.6 Å². The SMILES string of the molecule is CC(C)(O)[C@H]1CC[C@H](N(Cc2ccccc2)Cc2ccccc2)CC1. The molecule has 2 heteroatoms. The van der Waals surface area contributed by atoms with E-state index < -0.39 is 5.60 Å². The zero-order chi connectivity index (χ0) is 17.7. The molecule has 1 fully saturated rings. The number of hydrogen-bond donors (Lipinski definition) is 1. The van der Waals surface area contributed by atoms with E-state index in [0.29, 0.717) is 12.0 Å². The summed E-state index contributed by atoms with van der Waals surface area (Å²) in [6, 6.07) is 22.2. The number of benzene rings is 2. The van der Waals surface area contributed by atoms with Crippen molar-refractivity contribution in [3.05, 3.63) is 71.8 Å². The van der Waals surface area contributed by atoms with Gasteiger partial charge in [-0.15, -0.1) is 0 Å². The number of rotatable bonds is 6. The maximum absolute atomic E-state index is 10.3. The van der Waals surface area contributed by atoms with Crippen molar-refractivity contribution in [2.45, 2.75) is 64.3 Å². The summed E-state index contributed by atoms with van der Waals surface area (Å²) in [6.45, 7) is 5.91. The Labute approximate surface area is 152 Å². The third kappa shape index (κ3) is 5.17. The fourth-order valence-corrected chi connectivity index (χ4v) is 4.10. The van der Waals surface area contributed by atoms with Crippen molar-refractivity contribution in [2.75, 3.05) is 0 Å². The molecule has 0 amide bonds. The predicted octanol–water partition coefficient (Wildman–Crippen LogP) is 5.02. The highest BCUT2D eigenvalue weighted by molar-refractivity contribution is 5.17. The van der Waals surface area contributed by atoms with Crippen LogP contribution in [0.25, 0.3) is 0 Å². The summed E-state index contributed by atoms with van der Waals surface area (Å²) in [7, 11) is 0. The van der Waals surface area contributed by atoms with Gasteiger partial charge in [0.05, 0.1) is 5.60 Å². The normalized spacial score (nSPS) is 21.4. The smallest absolute Gasteiger partial charge is 0.0619 e. The van der Waals surface area contributed by atoms with Gasteiger partial charge >= 0.3 is 0 Å². The molecule has 25 heavy (non-hydrogen) atoms. The average Bonchev–Trinajstić information content (AvgIpc) is 2.62. The Morgan fingerprint density at radius 1 is 0.800 bits per heavy atom. The number of hydrogen-bond acceptors (Lipinski definition) is 2. The molecule has 2 nitrogen and oxygen atoms in total. The summed E-state index contributed by atoms with van der Waals surface area (Å²) in [5.41, 5.74) is 2.21. The summed E-state index contributed by atoms with van der Waals surface area (Å²) in [4.78, 5) is 2.63. The lowest BCUT2D eigenvalue weighted by Gasteiger charge is -2.40. The van der Waals surface area contributed by atoms with Gasteiger partial charge in [0, 0.05) is 19.1 Å². The first-order valence-electron chi connectivity index (χ1n) is 9.56. The standard InChI is InChI=1S/C23H31NO/c1-23(2,25)21-13-15-22(16-14-21)24(17-19-9-5-3-6-10-19)18-20-11-7-4-8-12-20/h3-12,21-22,25H,13-18H2,1-2H3/t21-,22-. The second-order valence-corrected chi connectivity index (χ2v) is 8.04. The maximum Gasteiger partial charge on any atom is 0.0619 e. The van der Waals surface area contributed by atoms with Crippen LogP contribution in [-0.2, 0) is 13.1 Å². The largest absolute Gasteiger partial charge is 0.390 e. The van der Waals surface area contributed by atoms with Crippen molar-refractivity contribution < 1.29 is 5.11 Å². The molecule has 0 radical (unpaired) electrons. The van der Waals surface area contributed by atoms with Gasteiger partial charge in [0.25, 0.3) is 0 Å². The van der Waals surface area contributed by atoms with E-state index in [4.69, 9.17) is 0 Å². The zero-order valence-electron chi connectivity index (χ0n) is 15.6. The highest BCUT2D eigenvalue weighted by atomic mass is 16.3. The van der Waals surface area contributed by atoms with E-state index in [-0.39, 0.29) is 0 Å². The minimum Gasteiger partial charge on any atom is -0.390 e. The molecule has 134 valence electrons. The van der Waals surface area contributed by atoms with Crippen LogP contribution in [0.4, 0.5) is 0 Å². The fraction of sp³-hybridized carbons (Fsp3) is 0.478. The second kappa shape index (κ2) is 8.16. The Morgan fingerprint density at radius 3 is 1.64 bits per heavy atom. The molecule has 1 aliphatic carbocycles. The van der Waals surface area contributed by atoms with Crippen LogP contribution >= 0.6 is 0 Å². The van der Waals surface area contributed by atoms with Gasteiger partial charge in [-0.05, 0) is 56.6 Å². The Morgan fingerprint density at radius 2 is 1.24 bits per heavy atom. The molecule has 0 saturated heterocycles. The van der Waals surface area contributed by atoms with Crippen LogP contribution in [0.5, 0.6) is 0 Å². The Hall–Kier alpha value is -1.64. The first kappa shape index (κ1) is 18.2. The minimum atomic E-state index is -0.547. The quantitative estimate of drug-likeness (QED) is 0.800. The van der Waals surface area contributed by atoms with Gasteiger partial charge in [-0.3, -0.25) is 4.90 Å². The predicted molar refractivity (Wildman–Crippen MR) is 104 cm³/mol. The molecule has 1 N–H and O–H groups in total. The van der Waals surface area contributed by atoms with Crippen LogP contribution < -0.4 is 0 Å².